The molecule has 0 fully saturated rings. The van der Waals surface area contributed by atoms with Crippen molar-refractivity contribution in [2.45, 2.75) is 0 Å². The molecular weight excluding hydrogens is 1040 g/mol. The van der Waals surface area contributed by atoms with Crippen LogP contribution in [0.4, 0.5) is 0 Å². The highest BCUT2D eigenvalue weighted by Crippen LogP contribution is 2.51. The fourth-order valence-electron chi connectivity index (χ4n) is 14.0. The third kappa shape index (κ3) is 7.24. The third-order valence-electron chi connectivity index (χ3n) is 17.7. The second-order valence-electron chi connectivity index (χ2n) is 22.1. The van der Waals surface area contributed by atoms with Crippen LogP contribution in [0.1, 0.15) is 11.1 Å². The molecule has 13 aromatic carbocycles. The number of hydrogen-bond donors (Lipinski definition) is 0. The molecule has 0 N–H and O–H groups in total. The van der Waals surface area contributed by atoms with E-state index >= 15 is 0 Å². The summed E-state index contributed by atoms with van der Waals surface area (Å²) in [4.78, 5) is 0. The van der Waals surface area contributed by atoms with Crippen molar-refractivity contribution in [2.24, 2.45) is 0 Å². The number of nitriles is 2. The van der Waals surface area contributed by atoms with Crippen LogP contribution in [-0.2, 0) is 0 Å². The highest BCUT2D eigenvalue weighted by molar-refractivity contribution is 6.13. The SMILES string of the molecule is N#Cc1c(C#N)c(-c2ccc(-n3c4ccccc4c4ccccc43)cc2)c(-c2ccc(-n3c4ccccc4c4ccccc43)cc2)c(-c2ccc(-n3c4ccccc4c4ccccc43)cc2)c1-c1ccc(-n2c3ccccc3c3ccccc32)cc1. The Bertz CT molecular complexity index is 5130. The lowest BCUT2D eigenvalue weighted by Crippen LogP contribution is -2.04. The Balaban J connectivity index is 0.939. The third-order valence-corrected chi connectivity index (χ3v) is 17.7. The van der Waals surface area contributed by atoms with Crippen LogP contribution in [0.2, 0.25) is 0 Å². The predicted octanol–water partition coefficient (Wildman–Crippen LogP) is 20.5. The van der Waals surface area contributed by atoms with Gasteiger partial charge in [0.2, 0.25) is 0 Å². The topological polar surface area (TPSA) is 67.3 Å². The van der Waals surface area contributed by atoms with E-state index in [0.29, 0.717) is 22.3 Å². The fourth-order valence-corrected chi connectivity index (χ4v) is 14.0. The van der Waals surface area contributed by atoms with Crippen molar-refractivity contribution in [3.05, 3.63) is 302 Å². The summed E-state index contributed by atoms with van der Waals surface area (Å²) in [6, 6.07) is 108. The Morgan fingerprint density at radius 3 is 0.523 bits per heavy atom. The second-order valence-corrected chi connectivity index (χ2v) is 22.1. The minimum atomic E-state index is 0.311. The molecule has 0 aliphatic heterocycles. The van der Waals surface area contributed by atoms with E-state index in [0.717, 1.165) is 100 Å². The van der Waals surface area contributed by atoms with Crippen LogP contribution in [0.15, 0.2) is 291 Å². The van der Waals surface area contributed by atoms with Crippen LogP contribution in [0.5, 0.6) is 0 Å². The van der Waals surface area contributed by atoms with E-state index in [1.807, 2.05) is 0 Å². The quantitative estimate of drug-likeness (QED) is 0.152. The summed E-state index contributed by atoms with van der Waals surface area (Å²) < 4.78 is 9.29. The zero-order chi connectivity index (χ0) is 57.0. The van der Waals surface area contributed by atoms with Gasteiger partial charge < -0.3 is 18.3 Å². The molecule has 86 heavy (non-hydrogen) atoms. The maximum absolute atomic E-state index is 11.9. The molecule has 0 saturated carbocycles. The Kier molecular flexibility index (Phi) is 11.0. The predicted molar refractivity (Wildman–Crippen MR) is 355 cm³/mol. The average Bonchev–Trinajstić information content (AvgIpc) is 2.23. The first kappa shape index (κ1) is 48.7. The van der Waals surface area contributed by atoms with E-state index in [4.69, 9.17) is 0 Å². The number of hydrogen-bond acceptors (Lipinski definition) is 2. The molecule has 0 unspecified atom stereocenters. The van der Waals surface area contributed by atoms with Gasteiger partial charge in [0, 0.05) is 77.0 Å². The number of fused-ring (bicyclic) bond motifs is 12. The molecule has 0 aliphatic rings. The molecule has 0 aliphatic carbocycles. The number of aromatic nitrogens is 4. The normalized spacial score (nSPS) is 11.7. The van der Waals surface area contributed by atoms with E-state index in [-0.39, 0.29) is 0 Å². The van der Waals surface area contributed by atoms with Gasteiger partial charge in [0.15, 0.2) is 0 Å². The first-order chi connectivity index (χ1) is 42.6. The second kappa shape index (κ2) is 19.3. The fraction of sp³-hybridized carbons (Fsp3) is 0. The molecule has 0 radical (unpaired) electrons. The van der Waals surface area contributed by atoms with E-state index in [1.165, 1.54) is 43.1 Å². The molecular formula is C80H48N6. The van der Waals surface area contributed by atoms with E-state index in [2.05, 4.69) is 322 Å². The maximum atomic E-state index is 11.9. The average molecular weight is 1090 g/mol. The number of rotatable bonds is 8. The van der Waals surface area contributed by atoms with Crippen molar-refractivity contribution in [1.29, 1.82) is 10.5 Å². The summed E-state index contributed by atoms with van der Waals surface area (Å²) in [5.74, 6) is 0. The molecule has 0 spiro atoms. The van der Waals surface area contributed by atoms with Gasteiger partial charge in [-0.05, 0) is 130 Å². The van der Waals surface area contributed by atoms with Gasteiger partial charge in [0.25, 0.3) is 0 Å². The van der Waals surface area contributed by atoms with Gasteiger partial charge in [0.1, 0.15) is 12.1 Å². The molecule has 4 heterocycles. The zero-order valence-electron chi connectivity index (χ0n) is 46.4. The van der Waals surface area contributed by atoms with Gasteiger partial charge in [-0.25, -0.2) is 0 Å². The largest absolute Gasteiger partial charge is 0.309 e. The summed E-state index contributed by atoms with van der Waals surface area (Å²) in [5.41, 5.74) is 20.0. The monoisotopic (exact) mass is 1090 g/mol. The zero-order valence-corrected chi connectivity index (χ0v) is 46.4. The van der Waals surface area contributed by atoms with E-state index < -0.39 is 0 Å². The molecule has 6 heteroatoms. The van der Waals surface area contributed by atoms with Crippen molar-refractivity contribution < 1.29 is 0 Å². The van der Waals surface area contributed by atoms with E-state index in [1.54, 1.807) is 0 Å². The summed E-state index contributed by atoms with van der Waals surface area (Å²) in [6.45, 7) is 0. The summed E-state index contributed by atoms with van der Waals surface area (Å²) in [6.07, 6.45) is 0. The standard InChI is InChI=1S/C80H48N6/c81-49-67-68(50-82)78(52-35-43-56(44-36-52)84-71-27-11-3-19-61(71)62-20-4-12-28-72(62)84)80(54-39-47-58(48-40-54)86-75-31-15-7-23-65(75)66-24-8-16-32-76(66)86)79(53-37-45-57(46-38-53)85-73-29-13-5-21-63(73)64-22-6-14-30-74(64)85)77(67)51-33-41-55(42-34-51)83-69-25-9-1-17-59(69)60-18-2-10-26-70(60)83/h1-48H. The maximum Gasteiger partial charge on any atom is 0.101 e. The Labute approximate surface area is 495 Å². The molecule has 0 amide bonds. The first-order valence-corrected chi connectivity index (χ1v) is 29.0. The highest BCUT2D eigenvalue weighted by Gasteiger charge is 2.29. The molecule has 0 atom stereocenters. The van der Waals surface area contributed by atoms with Gasteiger partial charge in [-0.3, -0.25) is 0 Å². The summed E-state index contributed by atoms with van der Waals surface area (Å²) in [5, 5.41) is 33.2. The van der Waals surface area contributed by atoms with Crippen molar-refractivity contribution >= 4 is 87.2 Å². The molecule has 0 bridgehead atoms. The minimum Gasteiger partial charge on any atom is -0.309 e. The van der Waals surface area contributed by atoms with Crippen LogP contribution in [-0.4, -0.2) is 18.3 Å². The lowest BCUT2D eigenvalue weighted by Gasteiger charge is -2.24. The molecule has 17 rings (SSSR count). The summed E-state index contributed by atoms with van der Waals surface area (Å²) in [7, 11) is 0. The van der Waals surface area contributed by atoms with Crippen LogP contribution >= 0.6 is 0 Å². The lowest BCUT2D eigenvalue weighted by molar-refractivity contribution is 1.18. The molecule has 398 valence electrons. The number of para-hydroxylation sites is 8. The number of benzene rings is 13. The van der Waals surface area contributed by atoms with Gasteiger partial charge in [0.05, 0.1) is 55.3 Å². The molecule has 0 saturated heterocycles. The molecule has 6 nitrogen and oxygen atoms in total. The van der Waals surface area contributed by atoms with Gasteiger partial charge in [-0.2, -0.15) is 10.5 Å². The Morgan fingerprint density at radius 2 is 0.349 bits per heavy atom. The smallest absolute Gasteiger partial charge is 0.101 e. The Morgan fingerprint density at radius 1 is 0.186 bits per heavy atom. The van der Waals surface area contributed by atoms with Crippen molar-refractivity contribution in [3.8, 4) is 79.4 Å². The van der Waals surface area contributed by atoms with Crippen LogP contribution in [0.3, 0.4) is 0 Å². The van der Waals surface area contributed by atoms with Crippen molar-refractivity contribution in [2.75, 3.05) is 0 Å². The van der Waals surface area contributed by atoms with Gasteiger partial charge >= 0.3 is 0 Å². The van der Waals surface area contributed by atoms with Crippen LogP contribution in [0, 0.1) is 22.7 Å². The molecule has 17 aromatic rings. The highest BCUT2D eigenvalue weighted by atomic mass is 15.0. The van der Waals surface area contributed by atoms with Crippen molar-refractivity contribution in [1.82, 2.24) is 18.3 Å². The lowest BCUT2D eigenvalue weighted by atomic mass is 9.77. The molecule has 4 aromatic heterocycles. The minimum absolute atomic E-state index is 0.311. The van der Waals surface area contributed by atoms with Gasteiger partial charge in [-0.15, -0.1) is 0 Å². The summed E-state index contributed by atoms with van der Waals surface area (Å²) >= 11 is 0. The Hall–Kier alpha value is -12.0. The van der Waals surface area contributed by atoms with Crippen molar-refractivity contribution in [3.63, 3.8) is 0 Å². The van der Waals surface area contributed by atoms with E-state index in [9.17, 15) is 10.5 Å². The number of nitrogens with zero attached hydrogens (tertiary/aromatic N) is 6. The van der Waals surface area contributed by atoms with Crippen LogP contribution in [0.25, 0.3) is 154 Å². The van der Waals surface area contributed by atoms with Gasteiger partial charge in [-0.1, -0.05) is 194 Å². The first-order valence-electron chi connectivity index (χ1n) is 29.0. The van der Waals surface area contributed by atoms with Crippen LogP contribution < -0.4 is 0 Å².